The van der Waals surface area contributed by atoms with E-state index in [-0.39, 0.29) is 11.8 Å². The molecule has 1 fully saturated rings. The SMILES string of the molecule is Cc1cnc(SCc2ccccn2)nc1C1CCCN(C(=O)c2ccc3cc[nH]c3c2)C1. The number of amides is 1. The van der Waals surface area contributed by atoms with Crippen molar-refractivity contribution in [2.75, 3.05) is 13.1 Å². The summed E-state index contributed by atoms with van der Waals surface area (Å²) in [5, 5.41) is 1.88. The number of thioether (sulfide) groups is 1. The monoisotopic (exact) mass is 443 g/mol. The summed E-state index contributed by atoms with van der Waals surface area (Å²) in [7, 11) is 0. The summed E-state index contributed by atoms with van der Waals surface area (Å²) in [6.07, 6.45) is 7.61. The van der Waals surface area contributed by atoms with E-state index < -0.39 is 0 Å². The van der Waals surface area contributed by atoms with Crippen LogP contribution in [0, 0.1) is 6.92 Å². The van der Waals surface area contributed by atoms with Gasteiger partial charge < -0.3 is 9.88 Å². The number of aromatic amines is 1. The van der Waals surface area contributed by atoms with Crippen LogP contribution in [0.5, 0.6) is 0 Å². The Labute approximate surface area is 191 Å². The molecule has 0 bridgehead atoms. The van der Waals surface area contributed by atoms with Crippen molar-refractivity contribution in [2.24, 2.45) is 0 Å². The molecule has 32 heavy (non-hydrogen) atoms. The third kappa shape index (κ3) is 4.39. The number of pyridine rings is 1. The van der Waals surface area contributed by atoms with Crippen LogP contribution in [0.1, 0.15) is 46.1 Å². The van der Waals surface area contributed by atoms with Gasteiger partial charge in [-0.15, -0.1) is 0 Å². The first-order chi connectivity index (χ1) is 15.7. The van der Waals surface area contributed by atoms with Crippen LogP contribution in [-0.2, 0) is 5.75 Å². The van der Waals surface area contributed by atoms with Crippen LogP contribution >= 0.6 is 11.8 Å². The summed E-state index contributed by atoms with van der Waals surface area (Å²) >= 11 is 1.60. The molecule has 1 aliphatic rings. The second kappa shape index (κ2) is 9.12. The normalized spacial score (nSPS) is 16.4. The second-order valence-corrected chi connectivity index (χ2v) is 9.14. The van der Waals surface area contributed by atoms with Crippen LogP contribution in [0.2, 0.25) is 0 Å². The lowest BCUT2D eigenvalue weighted by Gasteiger charge is -2.33. The lowest BCUT2D eigenvalue weighted by molar-refractivity contribution is 0.0705. The molecule has 1 amide bonds. The Hall–Kier alpha value is -3.19. The Morgan fingerprint density at radius 3 is 3.03 bits per heavy atom. The third-order valence-corrected chi connectivity index (χ3v) is 6.86. The maximum Gasteiger partial charge on any atom is 0.253 e. The summed E-state index contributed by atoms with van der Waals surface area (Å²) in [6.45, 7) is 3.52. The fraction of sp³-hybridized carbons (Fsp3) is 0.280. The molecule has 0 saturated carbocycles. The van der Waals surface area contributed by atoms with Crippen LogP contribution in [0.25, 0.3) is 10.9 Å². The average molecular weight is 444 g/mol. The standard InChI is InChI=1S/C25H25N5OS/c1-17-14-28-25(32-16-21-6-2-3-10-26-21)29-23(17)20-5-4-12-30(15-20)24(31)19-8-7-18-9-11-27-22(18)13-19/h2-3,6-11,13-14,20,27H,4-5,12,15-16H2,1H3. The van der Waals surface area contributed by atoms with Gasteiger partial charge in [-0.05, 0) is 61.0 Å². The summed E-state index contributed by atoms with van der Waals surface area (Å²) in [4.78, 5) is 32.2. The van der Waals surface area contributed by atoms with Gasteiger partial charge >= 0.3 is 0 Å². The molecule has 1 atom stereocenters. The predicted octanol–water partition coefficient (Wildman–Crippen LogP) is 4.97. The Balaban J connectivity index is 1.31. The van der Waals surface area contributed by atoms with E-state index in [4.69, 9.17) is 4.98 Å². The molecule has 6 nitrogen and oxygen atoms in total. The number of aryl methyl sites for hydroxylation is 1. The van der Waals surface area contributed by atoms with Gasteiger partial charge in [-0.2, -0.15) is 0 Å². The topological polar surface area (TPSA) is 74.8 Å². The van der Waals surface area contributed by atoms with E-state index in [9.17, 15) is 4.79 Å². The summed E-state index contributed by atoms with van der Waals surface area (Å²) in [5.41, 5.74) is 4.87. The Morgan fingerprint density at radius 1 is 1.22 bits per heavy atom. The molecule has 0 radical (unpaired) electrons. The number of carbonyl (C=O) groups excluding carboxylic acids is 1. The first-order valence-electron chi connectivity index (χ1n) is 10.9. The molecule has 1 saturated heterocycles. The van der Waals surface area contributed by atoms with Crippen molar-refractivity contribution in [3.8, 4) is 0 Å². The average Bonchev–Trinajstić information content (AvgIpc) is 3.32. The maximum absolute atomic E-state index is 13.2. The maximum atomic E-state index is 13.2. The molecular formula is C25H25N5OS. The minimum atomic E-state index is 0.0858. The zero-order valence-electron chi connectivity index (χ0n) is 18.0. The van der Waals surface area contributed by atoms with Crippen LogP contribution in [-0.4, -0.2) is 43.8 Å². The molecule has 1 unspecified atom stereocenters. The minimum absolute atomic E-state index is 0.0858. The van der Waals surface area contributed by atoms with E-state index in [1.165, 1.54) is 0 Å². The van der Waals surface area contributed by atoms with Crippen molar-refractivity contribution < 1.29 is 4.79 Å². The van der Waals surface area contributed by atoms with Gasteiger partial charge in [-0.3, -0.25) is 9.78 Å². The van der Waals surface area contributed by atoms with Crippen LogP contribution in [0.4, 0.5) is 0 Å². The summed E-state index contributed by atoms with van der Waals surface area (Å²) < 4.78 is 0. The van der Waals surface area contributed by atoms with Crippen LogP contribution in [0.3, 0.4) is 0 Å². The summed E-state index contributed by atoms with van der Waals surface area (Å²) in [6, 6.07) is 13.8. The van der Waals surface area contributed by atoms with E-state index in [2.05, 4.69) is 21.9 Å². The van der Waals surface area contributed by atoms with E-state index >= 15 is 0 Å². The highest BCUT2D eigenvalue weighted by molar-refractivity contribution is 7.98. The number of nitrogens with zero attached hydrogens (tertiary/aromatic N) is 4. The minimum Gasteiger partial charge on any atom is -0.361 e. The number of piperidine rings is 1. The number of nitrogens with one attached hydrogen (secondary N) is 1. The molecule has 1 aliphatic heterocycles. The van der Waals surface area contributed by atoms with E-state index in [1.54, 1.807) is 18.0 Å². The highest BCUT2D eigenvalue weighted by Gasteiger charge is 2.28. The van der Waals surface area contributed by atoms with Crippen molar-refractivity contribution in [3.63, 3.8) is 0 Å². The number of fused-ring (bicyclic) bond motifs is 1. The van der Waals surface area contributed by atoms with Crippen molar-refractivity contribution in [3.05, 3.63) is 83.6 Å². The van der Waals surface area contributed by atoms with Crippen molar-refractivity contribution in [1.82, 2.24) is 24.8 Å². The quantitative estimate of drug-likeness (QED) is 0.348. The number of rotatable bonds is 5. The number of aromatic nitrogens is 4. The van der Waals surface area contributed by atoms with Crippen LogP contribution in [0.15, 0.2) is 66.2 Å². The first kappa shape index (κ1) is 20.7. The van der Waals surface area contributed by atoms with E-state index in [1.807, 2.05) is 59.8 Å². The molecule has 3 aromatic heterocycles. The lowest BCUT2D eigenvalue weighted by Crippen LogP contribution is -2.39. The van der Waals surface area contributed by atoms with Gasteiger partial charge in [-0.1, -0.05) is 23.9 Å². The summed E-state index contributed by atoms with van der Waals surface area (Å²) in [5.74, 6) is 1.04. The highest BCUT2D eigenvalue weighted by Crippen LogP contribution is 2.30. The van der Waals surface area contributed by atoms with E-state index in [0.717, 1.165) is 63.7 Å². The molecule has 0 spiro atoms. The molecule has 7 heteroatoms. The third-order valence-electron chi connectivity index (χ3n) is 5.96. The number of likely N-dealkylation sites (tertiary alicyclic amines) is 1. The van der Waals surface area contributed by atoms with Gasteiger partial charge in [0.15, 0.2) is 5.16 Å². The van der Waals surface area contributed by atoms with Crippen molar-refractivity contribution in [1.29, 1.82) is 0 Å². The largest absolute Gasteiger partial charge is 0.361 e. The molecule has 4 heterocycles. The fourth-order valence-electron chi connectivity index (χ4n) is 4.29. The molecular weight excluding hydrogens is 418 g/mol. The van der Waals surface area contributed by atoms with Gasteiger partial charge in [0.25, 0.3) is 5.91 Å². The van der Waals surface area contributed by atoms with Gasteiger partial charge in [0.05, 0.1) is 11.4 Å². The molecule has 4 aromatic rings. The first-order valence-corrected chi connectivity index (χ1v) is 11.9. The Kier molecular flexibility index (Phi) is 5.90. The smallest absolute Gasteiger partial charge is 0.253 e. The number of carbonyl (C=O) groups is 1. The number of H-pyrrole nitrogens is 1. The molecule has 162 valence electrons. The second-order valence-electron chi connectivity index (χ2n) is 8.20. The fourth-order valence-corrected chi connectivity index (χ4v) is 5.03. The molecule has 0 aliphatic carbocycles. The number of hydrogen-bond donors (Lipinski definition) is 1. The lowest BCUT2D eigenvalue weighted by atomic mass is 9.92. The zero-order valence-corrected chi connectivity index (χ0v) is 18.8. The Morgan fingerprint density at radius 2 is 2.16 bits per heavy atom. The highest BCUT2D eigenvalue weighted by atomic mass is 32.2. The van der Waals surface area contributed by atoms with Gasteiger partial charge in [0.1, 0.15) is 0 Å². The number of benzene rings is 1. The predicted molar refractivity (Wildman–Crippen MR) is 127 cm³/mol. The molecule has 1 aromatic carbocycles. The van der Waals surface area contributed by atoms with Gasteiger partial charge in [0.2, 0.25) is 0 Å². The van der Waals surface area contributed by atoms with Crippen LogP contribution < -0.4 is 0 Å². The van der Waals surface area contributed by atoms with Crippen molar-refractivity contribution in [2.45, 2.75) is 36.6 Å². The Bertz CT molecular complexity index is 1240. The zero-order chi connectivity index (χ0) is 21.9. The van der Waals surface area contributed by atoms with Gasteiger partial charge in [-0.25, -0.2) is 9.97 Å². The van der Waals surface area contributed by atoms with E-state index in [0.29, 0.717) is 6.54 Å². The molecule has 5 rings (SSSR count). The van der Waals surface area contributed by atoms with Crippen molar-refractivity contribution >= 4 is 28.6 Å². The number of hydrogen-bond acceptors (Lipinski definition) is 5. The van der Waals surface area contributed by atoms with Gasteiger partial charge in [0, 0.05) is 54.4 Å². The molecule has 1 N–H and O–H groups in total.